The number of ether oxygens (including phenoxy) is 1. The van der Waals surface area contributed by atoms with Crippen LogP contribution in [0.1, 0.15) is 11.3 Å². The fourth-order valence-corrected chi connectivity index (χ4v) is 1.96. The normalized spacial score (nSPS) is 10.4. The van der Waals surface area contributed by atoms with E-state index in [-0.39, 0.29) is 11.7 Å². The summed E-state index contributed by atoms with van der Waals surface area (Å²) in [6.45, 7) is 1.85. The smallest absolute Gasteiger partial charge is 0.144 e. The SMILES string of the molecule is Cc1cc(Oc2cc(F)ccc2Br)c(CCl)cn1. The highest BCUT2D eigenvalue weighted by molar-refractivity contribution is 9.10. The van der Waals surface area contributed by atoms with Crippen LogP contribution in [0.5, 0.6) is 11.5 Å². The van der Waals surface area contributed by atoms with E-state index < -0.39 is 0 Å². The zero-order chi connectivity index (χ0) is 13.1. The Bertz CT molecular complexity index is 577. The first kappa shape index (κ1) is 13.3. The number of aryl methyl sites for hydroxylation is 1. The van der Waals surface area contributed by atoms with Crippen molar-refractivity contribution >= 4 is 27.5 Å². The van der Waals surface area contributed by atoms with E-state index in [1.165, 1.54) is 12.1 Å². The molecule has 1 heterocycles. The van der Waals surface area contributed by atoms with E-state index in [4.69, 9.17) is 16.3 Å². The minimum atomic E-state index is -0.355. The molecule has 2 rings (SSSR count). The van der Waals surface area contributed by atoms with Crippen LogP contribution in [0.3, 0.4) is 0 Å². The lowest BCUT2D eigenvalue weighted by molar-refractivity contribution is 0.468. The van der Waals surface area contributed by atoms with Gasteiger partial charge in [-0.3, -0.25) is 4.98 Å². The van der Waals surface area contributed by atoms with Gasteiger partial charge in [-0.25, -0.2) is 4.39 Å². The molecular weight excluding hydrogens is 321 g/mol. The third-order valence-electron chi connectivity index (χ3n) is 2.34. The summed E-state index contributed by atoms with van der Waals surface area (Å²) >= 11 is 9.13. The Morgan fingerprint density at radius 2 is 2.11 bits per heavy atom. The van der Waals surface area contributed by atoms with Crippen LogP contribution in [0.15, 0.2) is 34.9 Å². The molecule has 0 radical (unpaired) electrons. The molecule has 5 heteroatoms. The summed E-state index contributed by atoms with van der Waals surface area (Å²) in [5.41, 5.74) is 1.57. The summed E-state index contributed by atoms with van der Waals surface area (Å²) in [4.78, 5) is 4.14. The van der Waals surface area contributed by atoms with Gasteiger partial charge >= 0.3 is 0 Å². The van der Waals surface area contributed by atoms with E-state index in [1.54, 1.807) is 18.3 Å². The van der Waals surface area contributed by atoms with Gasteiger partial charge in [-0.1, -0.05) is 0 Å². The van der Waals surface area contributed by atoms with Crippen LogP contribution in [-0.2, 0) is 5.88 Å². The highest BCUT2D eigenvalue weighted by Gasteiger charge is 2.09. The lowest BCUT2D eigenvalue weighted by Crippen LogP contribution is -1.94. The standard InChI is InChI=1S/C13H10BrClFNO/c1-8-4-12(9(6-15)7-17-8)18-13-5-10(16)2-3-11(13)14/h2-5,7H,6H2,1H3. The predicted molar refractivity (Wildman–Crippen MR) is 72.7 cm³/mol. The number of pyridine rings is 1. The summed E-state index contributed by atoms with van der Waals surface area (Å²) < 4.78 is 19.5. The van der Waals surface area contributed by atoms with Crippen molar-refractivity contribution in [1.82, 2.24) is 4.98 Å². The number of alkyl halides is 1. The van der Waals surface area contributed by atoms with E-state index in [9.17, 15) is 4.39 Å². The van der Waals surface area contributed by atoms with Crippen LogP contribution in [0.4, 0.5) is 4.39 Å². The van der Waals surface area contributed by atoms with E-state index in [1.807, 2.05) is 6.92 Å². The van der Waals surface area contributed by atoms with Crippen molar-refractivity contribution in [3.63, 3.8) is 0 Å². The highest BCUT2D eigenvalue weighted by Crippen LogP contribution is 2.32. The van der Waals surface area contributed by atoms with Gasteiger partial charge in [0.15, 0.2) is 0 Å². The molecule has 2 aromatic rings. The van der Waals surface area contributed by atoms with Crippen LogP contribution in [0.25, 0.3) is 0 Å². The van der Waals surface area contributed by atoms with Gasteiger partial charge in [0.25, 0.3) is 0 Å². The van der Waals surface area contributed by atoms with Gasteiger partial charge in [0.1, 0.15) is 17.3 Å². The third kappa shape index (κ3) is 3.00. The number of halogens is 3. The van der Waals surface area contributed by atoms with Crippen molar-refractivity contribution in [2.45, 2.75) is 12.8 Å². The number of hydrogen-bond acceptors (Lipinski definition) is 2. The maximum absolute atomic E-state index is 13.2. The number of nitrogens with zero attached hydrogens (tertiary/aromatic N) is 1. The molecule has 1 aromatic heterocycles. The second kappa shape index (κ2) is 5.67. The molecule has 0 unspecified atom stereocenters. The second-order valence-electron chi connectivity index (χ2n) is 3.74. The monoisotopic (exact) mass is 329 g/mol. The van der Waals surface area contributed by atoms with Crippen molar-refractivity contribution in [3.05, 3.63) is 52.0 Å². The average molecular weight is 331 g/mol. The van der Waals surface area contributed by atoms with Gasteiger partial charge in [-0.15, -0.1) is 11.6 Å². The fraction of sp³-hybridized carbons (Fsp3) is 0.154. The summed E-state index contributed by atoms with van der Waals surface area (Å²) in [6, 6.07) is 6.04. The second-order valence-corrected chi connectivity index (χ2v) is 4.87. The van der Waals surface area contributed by atoms with Crippen LogP contribution in [0, 0.1) is 12.7 Å². The molecular formula is C13H10BrClFNO. The first-order valence-electron chi connectivity index (χ1n) is 5.24. The minimum absolute atomic E-state index is 0.287. The molecule has 94 valence electrons. The average Bonchev–Trinajstić information content (AvgIpc) is 2.34. The first-order chi connectivity index (χ1) is 8.60. The molecule has 1 aromatic carbocycles. The Morgan fingerprint density at radius 3 is 2.83 bits per heavy atom. The highest BCUT2D eigenvalue weighted by atomic mass is 79.9. The maximum Gasteiger partial charge on any atom is 0.144 e. The number of aromatic nitrogens is 1. The molecule has 0 bridgehead atoms. The zero-order valence-electron chi connectivity index (χ0n) is 9.58. The Balaban J connectivity index is 2.38. The van der Waals surface area contributed by atoms with Gasteiger partial charge in [0.2, 0.25) is 0 Å². The summed E-state index contributed by atoms with van der Waals surface area (Å²) in [5.74, 6) is 0.928. The van der Waals surface area contributed by atoms with Gasteiger partial charge < -0.3 is 4.74 Å². The molecule has 0 spiro atoms. The Labute approximate surface area is 118 Å². The fourth-order valence-electron chi connectivity index (χ4n) is 1.43. The lowest BCUT2D eigenvalue weighted by atomic mass is 10.2. The van der Waals surface area contributed by atoms with Crippen LogP contribution >= 0.6 is 27.5 Å². The Kier molecular flexibility index (Phi) is 4.19. The van der Waals surface area contributed by atoms with E-state index in [2.05, 4.69) is 20.9 Å². The number of hydrogen-bond donors (Lipinski definition) is 0. The van der Waals surface area contributed by atoms with Gasteiger partial charge in [0.05, 0.1) is 10.4 Å². The zero-order valence-corrected chi connectivity index (χ0v) is 11.9. The number of rotatable bonds is 3. The quantitative estimate of drug-likeness (QED) is 0.753. The van der Waals surface area contributed by atoms with Crippen molar-refractivity contribution in [2.24, 2.45) is 0 Å². The molecule has 0 saturated carbocycles. The molecule has 0 aliphatic carbocycles. The molecule has 18 heavy (non-hydrogen) atoms. The Hall–Kier alpha value is -1.13. The van der Waals surface area contributed by atoms with Crippen molar-refractivity contribution in [3.8, 4) is 11.5 Å². The topological polar surface area (TPSA) is 22.1 Å². The van der Waals surface area contributed by atoms with Gasteiger partial charge in [-0.05, 0) is 35.0 Å². The van der Waals surface area contributed by atoms with Crippen LogP contribution in [-0.4, -0.2) is 4.98 Å². The van der Waals surface area contributed by atoms with E-state index in [0.717, 1.165) is 11.3 Å². The van der Waals surface area contributed by atoms with Gasteiger partial charge in [-0.2, -0.15) is 0 Å². The maximum atomic E-state index is 13.2. The molecule has 2 nitrogen and oxygen atoms in total. The number of benzene rings is 1. The Morgan fingerprint density at radius 1 is 1.33 bits per heavy atom. The van der Waals surface area contributed by atoms with Crippen molar-refractivity contribution in [1.29, 1.82) is 0 Å². The predicted octanol–water partition coefficient (Wildman–Crippen LogP) is 4.82. The lowest BCUT2D eigenvalue weighted by Gasteiger charge is -2.11. The summed E-state index contributed by atoms with van der Waals surface area (Å²) in [7, 11) is 0. The molecule has 0 N–H and O–H groups in total. The summed E-state index contributed by atoms with van der Waals surface area (Å²) in [6.07, 6.45) is 1.66. The van der Waals surface area contributed by atoms with Gasteiger partial charge in [0, 0.05) is 29.6 Å². The van der Waals surface area contributed by atoms with Crippen molar-refractivity contribution < 1.29 is 9.13 Å². The molecule has 0 saturated heterocycles. The minimum Gasteiger partial charge on any atom is -0.456 e. The molecule has 0 fully saturated rings. The van der Waals surface area contributed by atoms with Crippen molar-refractivity contribution in [2.75, 3.05) is 0 Å². The van der Waals surface area contributed by atoms with Crippen LogP contribution < -0.4 is 4.74 Å². The van der Waals surface area contributed by atoms with E-state index >= 15 is 0 Å². The largest absolute Gasteiger partial charge is 0.456 e. The molecule has 0 aliphatic rings. The van der Waals surface area contributed by atoms with E-state index in [0.29, 0.717) is 16.0 Å². The summed E-state index contributed by atoms with van der Waals surface area (Å²) in [5, 5.41) is 0. The first-order valence-corrected chi connectivity index (χ1v) is 6.57. The molecule has 0 atom stereocenters. The molecule has 0 aliphatic heterocycles. The third-order valence-corrected chi connectivity index (χ3v) is 3.28. The molecule has 0 amide bonds. The van der Waals surface area contributed by atoms with Crippen LogP contribution in [0.2, 0.25) is 0 Å².